The Kier molecular flexibility index (Phi) is 6.09. The smallest absolute Gasteiger partial charge is 0.134 e. The molecule has 2 N–H and O–H groups in total. The van der Waals surface area contributed by atoms with Crippen LogP contribution in [0.25, 0.3) is 11.0 Å². The normalized spacial score (nSPS) is 11.3. The van der Waals surface area contributed by atoms with Crippen LogP contribution in [0.15, 0.2) is 28.7 Å². The first kappa shape index (κ1) is 15.1. The Morgan fingerprint density at radius 3 is 2.80 bits per heavy atom. The van der Waals surface area contributed by atoms with Crippen molar-refractivity contribution in [2.75, 3.05) is 13.2 Å². The highest BCUT2D eigenvalue weighted by Crippen LogP contribution is 2.27. The van der Waals surface area contributed by atoms with Crippen LogP contribution in [0.2, 0.25) is 0 Å². The van der Waals surface area contributed by atoms with Crippen LogP contribution in [-0.2, 0) is 13.0 Å². The van der Waals surface area contributed by atoms with Crippen molar-refractivity contribution in [1.29, 1.82) is 0 Å². The van der Waals surface area contributed by atoms with Crippen molar-refractivity contribution in [2.24, 2.45) is 0 Å². The molecule has 0 aliphatic heterocycles. The van der Waals surface area contributed by atoms with Gasteiger partial charge in [-0.05, 0) is 31.9 Å². The second-order valence-electron chi connectivity index (χ2n) is 5.21. The number of furan rings is 1. The summed E-state index contributed by atoms with van der Waals surface area (Å²) in [5.74, 6) is 1.13. The van der Waals surface area contributed by atoms with Crippen LogP contribution in [-0.4, -0.2) is 18.3 Å². The number of fused-ring (bicyclic) bond motifs is 1. The lowest BCUT2D eigenvalue weighted by Crippen LogP contribution is -2.15. The van der Waals surface area contributed by atoms with Gasteiger partial charge in [0.05, 0.1) is 0 Å². The van der Waals surface area contributed by atoms with E-state index in [1.165, 1.54) is 17.4 Å². The van der Waals surface area contributed by atoms with Gasteiger partial charge in [-0.2, -0.15) is 0 Å². The summed E-state index contributed by atoms with van der Waals surface area (Å²) in [5, 5.41) is 13.5. The van der Waals surface area contributed by atoms with Gasteiger partial charge in [0.15, 0.2) is 0 Å². The molecule has 1 aromatic carbocycles. The summed E-state index contributed by atoms with van der Waals surface area (Å²) in [6, 6.07) is 8.27. The first-order chi connectivity index (χ1) is 9.86. The predicted octanol–water partition coefficient (Wildman–Crippen LogP) is 3.64. The molecule has 110 valence electrons. The molecule has 0 aliphatic rings. The third-order valence-corrected chi connectivity index (χ3v) is 3.60. The van der Waals surface area contributed by atoms with Gasteiger partial charge < -0.3 is 14.8 Å². The molecule has 20 heavy (non-hydrogen) atoms. The summed E-state index contributed by atoms with van der Waals surface area (Å²) >= 11 is 0. The molecule has 0 amide bonds. The molecule has 2 aromatic rings. The molecule has 0 atom stereocenters. The van der Waals surface area contributed by atoms with E-state index in [9.17, 15) is 0 Å². The maximum atomic E-state index is 8.79. The van der Waals surface area contributed by atoms with Crippen molar-refractivity contribution in [3.8, 4) is 0 Å². The second kappa shape index (κ2) is 8.08. The van der Waals surface area contributed by atoms with E-state index in [1.54, 1.807) is 0 Å². The zero-order valence-electron chi connectivity index (χ0n) is 12.3. The van der Waals surface area contributed by atoms with Crippen LogP contribution in [0.4, 0.5) is 0 Å². The summed E-state index contributed by atoms with van der Waals surface area (Å²) in [7, 11) is 0. The van der Waals surface area contributed by atoms with E-state index in [4.69, 9.17) is 9.52 Å². The van der Waals surface area contributed by atoms with E-state index < -0.39 is 0 Å². The van der Waals surface area contributed by atoms with Crippen molar-refractivity contribution in [2.45, 2.75) is 45.6 Å². The first-order valence-corrected chi connectivity index (χ1v) is 7.67. The Morgan fingerprint density at radius 2 is 2.00 bits per heavy atom. The van der Waals surface area contributed by atoms with Crippen LogP contribution >= 0.6 is 0 Å². The van der Waals surface area contributed by atoms with Gasteiger partial charge in [0.25, 0.3) is 0 Å². The van der Waals surface area contributed by atoms with Crippen molar-refractivity contribution >= 4 is 11.0 Å². The van der Waals surface area contributed by atoms with Crippen molar-refractivity contribution in [3.05, 3.63) is 35.6 Å². The van der Waals surface area contributed by atoms with Crippen molar-refractivity contribution < 1.29 is 9.52 Å². The fourth-order valence-corrected chi connectivity index (χ4v) is 2.46. The highest BCUT2D eigenvalue weighted by Gasteiger charge is 2.12. The third kappa shape index (κ3) is 3.84. The molecule has 0 saturated carbocycles. The summed E-state index contributed by atoms with van der Waals surface area (Å²) < 4.78 is 6.00. The first-order valence-electron chi connectivity index (χ1n) is 7.67. The quantitative estimate of drug-likeness (QED) is 0.687. The van der Waals surface area contributed by atoms with E-state index in [0.717, 1.165) is 50.1 Å². The number of para-hydroxylation sites is 1. The number of hydrogen-bond acceptors (Lipinski definition) is 3. The SMILES string of the molecule is CCCCc1oc2ccccc2c1CNCCCCO. The standard InChI is InChI=1S/C17H25NO2/c1-2-3-9-17-15(13-18-11-6-7-12-19)14-8-4-5-10-16(14)20-17/h4-5,8,10,18-19H,2-3,6-7,9,11-13H2,1H3. The number of aliphatic hydroxyl groups is 1. The lowest BCUT2D eigenvalue weighted by atomic mass is 10.1. The number of nitrogens with one attached hydrogen (secondary N) is 1. The minimum atomic E-state index is 0.276. The average molecular weight is 275 g/mol. The Labute approximate surface area is 121 Å². The van der Waals surface area contributed by atoms with Gasteiger partial charge >= 0.3 is 0 Å². The van der Waals surface area contributed by atoms with E-state index in [2.05, 4.69) is 24.4 Å². The molecular formula is C17H25NO2. The van der Waals surface area contributed by atoms with Gasteiger partial charge in [-0.15, -0.1) is 0 Å². The monoisotopic (exact) mass is 275 g/mol. The van der Waals surface area contributed by atoms with Crippen LogP contribution < -0.4 is 5.32 Å². The topological polar surface area (TPSA) is 45.4 Å². The predicted molar refractivity (Wildman–Crippen MR) is 82.9 cm³/mol. The second-order valence-corrected chi connectivity index (χ2v) is 5.21. The highest BCUT2D eigenvalue weighted by atomic mass is 16.3. The third-order valence-electron chi connectivity index (χ3n) is 3.60. The van der Waals surface area contributed by atoms with Gasteiger partial charge in [-0.1, -0.05) is 31.5 Å². The number of rotatable bonds is 9. The molecule has 0 spiro atoms. The number of aryl methyl sites for hydroxylation is 1. The fraction of sp³-hybridized carbons (Fsp3) is 0.529. The molecule has 0 fully saturated rings. The minimum Gasteiger partial charge on any atom is -0.461 e. The molecule has 0 aliphatic carbocycles. The molecule has 3 nitrogen and oxygen atoms in total. The number of hydrogen-bond donors (Lipinski definition) is 2. The number of aliphatic hydroxyl groups excluding tert-OH is 1. The van der Waals surface area contributed by atoms with Crippen LogP contribution in [0.1, 0.15) is 43.9 Å². The van der Waals surface area contributed by atoms with E-state index in [0.29, 0.717) is 0 Å². The summed E-state index contributed by atoms with van der Waals surface area (Å²) in [6.45, 7) is 4.27. The van der Waals surface area contributed by atoms with Crippen LogP contribution in [0, 0.1) is 0 Å². The molecule has 1 aromatic heterocycles. The minimum absolute atomic E-state index is 0.276. The van der Waals surface area contributed by atoms with Crippen molar-refractivity contribution in [3.63, 3.8) is 0 Å². The van der Waals surface area contributed by atoms with Gasteiger partial charge in [0.1, 0.15) is 11.3 Å². The molecule has 3 heteroatoms. The highest BCUT2D eigenvalue weighted by molar-refractivity contribution is 5.82. The van der Waals surface area contributed by atoms with Crippen LogP contribution in [0.3, 0.4) is 0 Å². The summed E-state index contributed by atoms with van der Waals surface area (Å²) in [4.78, 5) is 0. The molecular weight excluding hydrogens is 250 g/mol. The fourth-order valence-electron chi connectivity index (χ4n) is 2.46. The summed E-state index contributed by atoms with van der Waals surface area (Å²) in [6.07, 6.45) is 5.23. The van der Waals surface area contributed by atoms with E-state index in [-0.39, 0.29) is 6.61 Å². The van der Waals surface area contributed by atoms with Gasteiger partial charge in [0.2, 0.25) is 0 Å². The maximum absolute atomic E-state index is 8.79. The van der Waals surface area contributed by atoms with E-state index >= 15 is 0 Å². The van der Waals surface area contributed by atoms with Crippen molar-refractivity contribution in [1.82, 2.24) is 5.32 Å². The number of benzene rings is 1. The molecule has 0 saturated heterocycles. The Morgan fingerprint density at radius 1 is 1.15 bits per heavy atom. The van der Waals surface area contributed by atoms with Gasteiger partial charge in [-0.25, -0.2) is 0 Å². The number of unbranched alkanes of at least 4 members (excludes halogenated alkanes) is 2. The molecule has 1 heterocycles. The Balaban J connectivity index is 2.07. The molecule has 2 rings (SSSR count). The maximum Gasteiger partial charge on any atom is 0.134 e. The van der Waals surface area contributed by atoms with Crippen LogP contribution in [0.5, 0.6) is 0 Å². The zero-order chi connectivity index (χ0) is 14.2. The lowest BCUT2D eigenvalue weighted by molar-refractivity contribution is 0.283. The molecule has 0 unspecified atom stereocenters. The largest absolute Gasteiger partial charge is 0.461 e. The van der Waals surface area contributed by atoms with Gasteiger partial charge in [-0.3, -0.25) is 0 Å². The lowest BCUT2D eigenvalue weighted by Gasteiger charge is -2.05. The van der Waals surface area contributed by atoms with E-state index in [1.807, 2.05) is 12.1 Å². The summed E-state index contributed by atoms with van der Waals surface area (Å²) in [5.41, 5.74) is 2.30. The Bertz CT molecular complexity index is 519. The zero-order valence-corrected chi connectivity index (χ0v) is 12.3. The molecule has 0 radical (unpaired) electrons. The molecule has 0 bridgehead atoms. The Hall–Kier alpha value is -1.32. The van der Waals surface area contributed by atoms with Gasteiger partial charge in [0, 0.05) is 30.5 Å². The average Bonchev–Trinajstić information content (AvgIpc) is 2.83.